The van der Waals surface area contributed by atoms with Crippen LogP contribution in [0.5, 0.6) is 5.75 Å². The predicted molar refractivity (Wildman–Crippen MR) is 40.6 cm³/mol. The SMILES string of the molecule is O=C=Nc1ccccc1O[Si]. The molecule has 53 valence electrons. The van der Waals surface area contributed by atoms with Crippen molar-refractivity contribution in [2.45, 2.75) is 0 Å². The highest BCUT2D eigenvalue weighted by atomic mass is 28.2. The van der Waals surface area contributed by atoms with Crippen molar-refractivity contribution in [3.05, 3.63) is 24.3 Å². The van der Waals surface area contributed by atoms with Gasteiger partial charge in [0.15, 0.2) is 0 Å². The van der Waals surface area contributed by atoms with Gasteiger partial charge in [-0.2, -0.15) is 4.99 Å². The van der Waals surface area contributed by atoms with Crippen molar-refractivity contribution in [1.82, 2.24) is 0 Å². The van der Waals surface area contributed by atoms with Crippen molar-refractivity contribution in [2.24, 2.45) is 4.99 Å². The lowest BCUT2D eigenvalue weighted by molar-refractivity contribution is 0.564. The van der Waals surface area contributed by atoms with Gasteiger partial charge in [-0.25, -0.2) is 4.79 Å². The third-order valence-corrected chi connectivity index (χ3v) is 1.36. The number of isocyanates is 1. The van der Waals surface area contributed by atoms with Crippen LogP contribution in [-0.2, 0) is 4.79 Å². The first-order valence-corrected chi connectivity index (χ1v) is 3.30. The van der Waals surface area contributed by atoms with Gasteiger partial charge in [-0.15, -0.1) is 0 Å². The molecule has 0 N–H and O–H groups in total. The minimum Gasteiger partial charge on any atom is -0.539 e. The molecule has 0 spiro atoms. The molecule has 4 heteroatoms. The van der Waals surface area contributed by atoms with Crippen molar-refractivity contribution in [3.63, 3.8) is 0 Å². The van der Waals surface area contributed by atoms with Gasteiger partial charge in [-0.3, -0.25) is 0 Å². The summed E-state index contributed by atoms with van der Waals surface area (Å²) in [5.74, 6) is 0.493. The standard InChI is InChI=1S/C7H4NO2Si/c9-5-8-6-3-1-2-4-7(6)10-11/h1-4H. The van der Waals surface area contributed by atoms with Crippen LogP contribution in [0, 0.1) is 0 Å². The average molecular weight is 162 g/mol. The molecule has 0 heterocycles. The topological polar surface area (TPSA) is 38.7 Å². The molecule has 1 aromatic rings. The summed E-state index contributed by atoms with van der Waals surface area (Å²) in [6.07, 6.45) is 1.43. The van der Waals surface area contributed by atoms with Crippen LogP contribution in [0.25, 0.3) is 0 Å². The fraction of sp³-hybridized carbons (Fsp3) is 0. The van der Waals surface area contributed by atoms with E-state index in [9.17, 15) is 4.79 Å². The van der Waals surface area contributed by atoms with Crippen molar-refractivity contribution in [3.8, 4) is 5.75 Å². The van der Waals surface area contributed by atoms with Crippen LogP contribution in [0.3, 0.4) is 0 Å². The Balaban J connectivity index is 3.11. The minimum absolute atomic E-state index is 0.456. The minimum atomic E-state index is 0.456. The van der Waals surface area contributed by atoms with Crippen LogP contribution in [0.1, 0.15) is 0 Å². The first-order valence-electron chi connectivity index (χ1n) is 2.89. The second-order valence-corrected chi connectivity index (χ2v) is 1.98. The van der Waals surface area contributed by atoms with Gasteiger partial charge in [-0.05, 0) is 12.1 Å². The van der Waals surface area contributed by atoms with Gasteiger partial charge < -0.3 is 4.43 Å². The molecule has 11 heavy (non-hydrogen) atoms. The lowest BCUT2D eigenvalue weighted by atomic mass is 10.3. The number of hydrogen-bond donors (Lipinski definition) is 0. The van der Waals surface area contributed by atoms with Gasteiger partial charge >= 0.3 is 10.5 Å². The number of rotatable bonds is 2. The van der Waals surface area contributed by atoms with Crippen molar-refractivity contribution in [1.29, 1.82) is 0 Å². The van der Waals surface area contributed by atoms with Crippen LogP contribution < -0.4 is 4.43 Å². The number of hydrogen-bond acceptors (Lipinski definition) is 3. The monoisotopic (exact) mass is 162 g/mol. The average Bonchev–Trinajstić information content (AvgIpc) is 2.06. The number of nitrogens with zero attached hydrogens (tertiary/aromatic N) is 1. The molecule has 0 saturated carbocycles. The van der Waals surface area contributed by atoms with E-state index in [0.717, 1.165) is 0 Å². The Hall–Kier alpha value is -1.38. The van der Waals surface area contributed by atoms with E-state index in [0.29, 0.717) is 11.4 Å². The summed E-state index contributed by atoms with van der Waals surface area (Å²) < 4.78 is 4.73. The molecule has 3 radical (unpaired) electrons. The van der Waals surface area contributed by atoms with Gasteiger partial charge in [0.05, 0.1) is 0 Å². The second-order valence-electron chi connectivity index (χ2n) is 1.77. The van der Waals surface area contributed by atoms with Crippen LogP contribution in [-0.4, -0.2) is 16.6 Å². The summed E-state index contributed by atoms with van der Waals surface area (Å²) in [6, 6.07) is 6.87. The van der Waals surface area contributed by atoms with Gasteiger partial charge in [0.2, 0.25) is 6.08 Å². The van der Waals surface area contributed by atoms with E-state index in [1.807, 2.05) is 0 Å². The number of aliphatic imine (C=N–C) groups is 1. The van der Waals surface area contributed by atoms with Gasteiger partial charge in [0.1, 0.15) is 11.4 Å². The molecule has 0 atom stereocenters. The van der Waals surface area contributed by atoms with E-state index in [1.165, 1.54) is 6.08 Å². The molecule has 1 rings (SSSR count). The molecule has 0 unspecified atom stereocenters. The van der Waals surface area contributed by atoms with Gasteiger partial charge in [-0.1, -0.05) is 12.1 Å². The lowest BCUT2D eigenvalue weighted by Crippen LogP contribution is -1.84. The zero-order chi connectivity index (χ0) is 8.10. The first kappa shape index (κ1) is 7.72. The Morgan fingerprint density at radius 2 is 2.18 bits per heavy atom. The van der Waals surface area contributed by atoms with E-state index >= 15 is 0 Å². The first-order chi connectivity index (χ1) is 5.38. The maximum absolute atomic E-state index is 9.88. The molecule has 0 aliphatic carbocycles. The molecule has 3 nitrogen and oxygen atoms in total. The zero-order valence-corrected chi connectivity index (χ0v) is 6.57. The molecule has 0 aliphatic heterocycles. The Labute approximate surface area is 67.3 Å². The number of carbonyl (C=O) groups excluding carboxylic acids is 1. The Morgan fingerprint density at radius 1 is 1.45 bits per heavy atom. The Bertz CT molecular complexity index is 294. The van der Waals surface area contributed by atoms with Gasteiger partial charge in [0.25, 0.3) is 0 Å². The van der Waals surface area contributed by atoms with Crippen LogP contribution in [0.15, 0.2) is 29.3 Å². The van der Waals surface area contributed by atoms with Crippen molar-refractivity contribution in [2.75, 3.05) is 0 Å². The third kappa shape index (κ3) is 1.77. The molecule has 0 aliphatic rings. The molecule has 1 aromatic carbocycles. The predicted octanol–water partition coefficient (Wildman–Crippen LogP) is 1.12. The maximum atomic E-state index is 9.88. The molecule has 0 bridgehead atoms. The quantitative estimate of drug-likeness (QED) is 0.371. The number of para-hydroxylation sites is 2. The largest absolute Gasteiger partial charge is 0.539 e. The van der Waals surface area contributed by atoms with Crippen LogP contribution in [0.4, 0.5) is 5.69 Å². The van der Waals surface area contributed by atoms with E-state index in [-0.39, 0.29) is 0 Å². The molecule has 0 fully saturated rings. The molecule has 0 saturated heterocycles. The van der Waals surface area contributed by atoms with Gasteiger partial charge in [0, 0.05) is 0 Å². The van der Waals surface area contributed by atoms with Crippen molar-refractivity contribution >= 4 is 22.3 Å². The fourth-order valence-electron chi connectivity index (χ4n) is 0.685. The molecule has 0 aromatic heterocycles. The normalized spacial score (nSPS) is 8.45. The molecule has 0 amide bonds. The maximum Gasteiger partial charge on any atom is 0.341 e. The Kier molecular flexibility index (Phi) is 2.60. The highest BCUT2D eigenvalue weighted by molar-refractivity contribution is 6.00. The molecular weight excluding hydrogens is 158 g/mol. The summed E-state index contributed by atoms with van der Waals surface area (Å²) in [7, 11) is 2.84. The Morgan fingerprint density at radius 3 is 2.82 bits per heavy atom. The van der Waals surface area contributed by atoms with Crippen LogP contribution in [0.2, 0.25) is 0 Å². The number of benzene rings is 1. The zero-order valence-electron chi connectivity index (χ0n) is 5.57. The van der Waals surface area contributed by atoms with E-state index in [4.69, 9.17) is 4.43 Å². The summed E-state index contributed by atoms with van der Waals surface area (Å²) in [4.78, 5) is 13.3. The second kappa shape index (κ2) is 3.70. The summed E-state index contributed by atoms with van der Waals surface area (Å²) in [5.41, 5.74) is 0.456. The molecular formula is C7H4NO2Si. The third-order valence-electron chi connectivity index (χ3n) is 1.14. The van der Waals surface area contributed by atoms with Crippen molar-refractivity contribution < 1.29 is 9.22 Å². The summed E-state index contributed by atoms with van der Waals surface area (Å²) in [6.45, 7) is 0. The smallest absolute Gasteiger partial charge is 0.341 e. The highest BCUT2D eigenvalue weighted by Crippen LogP contribution is 2.24. The van der Waals surface area contributed by atoms with E-state index in [2.05, 4.69) is 15.5 Å². The highest BCUT2D eigenvalue weighted by Gasteiger charge is 1.96. The fourth-order valence-corrected chi connectivity index (χ4v) is 0.858. The van der Waals surface area contributed by atoms with Crippen LogP contribution >= 0.6 is 0 Å². The summed E-state index contributed by atoms with van der Waals surface area (Å²) >= 11 is 0. The summed E-state index contributed by atoms with van der Waals surface area (Å²) in [5, 5.41) is 0. The lowest BCUT2D eigenvalue weighted by Gasteiger charge is -1.99. The van der Waals surface area contributed by atoms with E-state index in [1.54, 1.807) is 24.3 Å². The van der Waals surface area contributed by atoms with E-state index < -0.39 is 0 Å².